The summed E-state index contributed by atoms with van der Waals surface area (Å²) in [6.07, 6.45) is 1.41. The molecule has 2 N–H and O–H groups in total. The van der Waals surface area contributed by atoms with Crippen molar-refractivity contribution in [2.75, 3.05) is 5.75 Å². The van der Waals surface area contributed by atoms with E-state index in [1.165, 1.54) is 17.7 Å². The third-order valence-electron chi connectivity index (χ3n) is 6.29. The highest BCUT2D eigenvalue weighted by molar-refractivity contribution is 7.99. The van der Waals surface area contributed by atoms with Crippen LogP contribution in [0.3, 0.4) is 0 Å². The van der Waals surface area contributed by atoms with Crippen molar-refractivity contribution in [2.24, 2.45) is 17.8 Å². The van der Waals surface area contributed by atoms with Gasteiger partial charge in [-0.05, 0) is 72.2 Å². The third kappa shape index (κ3) is 5.03. The highest BCUT2D eigenvalue weighted by atomic mass is 32.2. The van der Waals surface area contributed by atoms with E-state index >= 15 is 0 Å². The summed E-state index contributed by atoms with van der Waals surface area (Å²) >= 11 is 1.61. The summed E-state index contributed by atoms with van der Waals surface area (Å²) < 4.78 is 13.8. The maximum atomic E-state index is 13.8. The van der Waals surface area contributed by atoms with Crippen molar-refractivity contribution in [3.05, 3.63) is 82.7 Å². The number of aryl methyl sites for hydroxylation is 1. The van der Waals surface area contributed by atoms with E-state index in [0.717, 1.165) is 27.2 Å². The topological polar surface area (TPSA) is 40.5 Å². The van der Waals surface area contributed by atoms with Gasteiger partial charge in [0.1, 0.15) is 11.4 Å². The molecule has 172 valence electrons. The summed E-state index contributed by atoms with van der Waals surface area (Å²) in [5.41, 5.74) is 3.27. The lowest BCUT2D eigenvalue weighted by atomic mass is 9.65. The fourth-order valence-corrected chi connectivity index (χ4v) is 5.73. The molecule has 32 heavy (non-hydrogen) atoms. The molecule has 1 aliphatic carbocycles. The lowest BCUT2D eigenvalue weighted by molar-refractivity contribution is 0.0568. The molecule has 2 aromatic carbocycles. The zero-order chi connectivity index (χ0) is 23.6. The van der Waals surface area contributed by atoms with E-state index in [4.69, 9.17) is 0 Å². The first-order chi connectivity index (χ1) is 15.0. The lowest BCUT2D eigenvalue weighted by Gasteiger charge is -2.45. The fraction of sp³-hybridized carbons (Fsp3) is 0.429. The van der Waals surface area contributed by atoms with Gasteiger partial charge in [-0.1, -0.05) is 63.6 Å². The predicted molar refractivity (Wildman–Crippen MR) is 133 cm³/mol. The Morgan fingerprint density at radius 1 is 0.969 bits per heavy atom. The molecule has 0 radical (unpaired) electrons. The largest absolute Gasteiger partial charge is 0.389 e. The Kier molecular flexibility index (Phi) is 7.69. The van der Waals surface area contributed by atoms with Crippen LogP contribution in [0.25, 0.3) is 5.57 Å². The number of aliphatic hydroxyl groups excluding tert-OH is 1. The Morgan fingerprint density at radius 3 is 2.06 bits per heavy atom. The van der Waals surface area contributed by atoms with Crippen LogP contribution in [0, 0.1) is 30.5 Å². The SMILES string of the molecule is Cc1ccc(SCC2(O)C(c3ccc(F)cc3)=C(C(C)O)C(C(C)C)=CC2C(C)C)cc1. The van der Waals surface area contributed by atoms with Crippen LogP contribution >= 0.6 is 11.8 Å². The molecule has 2 aromatic rings. The predicted octanol–water partition coefficient (Wildman–Crippen LogP) is 6.66. The van der Waals surface area contributed by atoms with Crippen LogP contribution in [0.4, 0.5) is 4.39 Å². The summed E-state index contributed by atoms with van der Waals surface area (Å²) in [7, 11) is 0. The Hall–Kier alpha value is -1.88. The number of aliphatic hydroxyl groups is 2. The van der Waals surface area contributed by atoms with Crippen LogP contribution in [-0.4, -0.2) is 27.7 Å². The van der Waals surface area contributed by atoms with E-state index in [2.05, 4.69) is 65.0 Å². The highest BCUT2D eigenvalue weighted by Gasteiger charge is 2.47. The van der Waals surface area contributed by atoms with E-state index in [1.807, 2.05) is 0 Å². The molecular weight excluding hydrogens is 419 g/mol. The first-order valence-corrected chi connectivity index (χ1v) is 12.4. The third-order valence-corrected chi connectivity index (χ3v) is 7.48. The number of thioether (sulfide) groups is 1. The van der Waals surface area contributed by atoms with Gasteiger partial charge in [-0.3, -0.25) is 0 Å². The van der Waals surface area contributed by atoms with Crippen LogP contribution in [0.15, 0.2) is 70.6 Å². The standard InChI is InChI=1S/C28H35FO2S/c1-17(2)24-15-25(18(3)4)28(31,16-32-23-13-7-19(5)8-14-23)27(26(24)20(6)30)21-9-11-22(29)12-10-21/h7-15,17-18,20,25,30-31H,16H2,1-6H3. The van der Waals surface area contributed by atoms with Gasteiger partial charge in [0.25, 0.3) is 0 Å². The number of rotatable bonds is 7. The molecule has 0 heterocycles. The zero-order valence-corrected chi connectivity index (χ0v) is 20.7. The fourth-order valence-electron chi connectivity index (χ4n) is 4.68. The summed E-state index contributed by atoms with van der Waals surface area (Å²) in [5, 5.41) is 23.3. The monoisotopic (exact) mass is 454 g/mol. The Morgan fingerprint density at radius 2 is 1.56 bits per heavy atom. The number of benzene rings is 2. The van der Waals surface area contributed by atoms with Gasteiger partial charge in [0.2, 0.25) is 0 Å². The number of hydrogen-bond acceptors (Lipinski definition) is 3. The van der Waals surface area contributed by atoms with Crippen molar-refractivity contribution in [3.8, 4) is 0 Å². The average Bonchev–Trinajstić information content (AvgIpc) is 2.73. The van der Waals surface area contributed by atoms with Gasteiger partial charge >= 0.3 is 0 Å². The van der Waals surface area contributed by atoms with Crippen molar-refractivity contribution in [2.45, 2.75) is 58.1 Å². The van der Waals surface area contributed by atoms with Gasteiger partial charge in [0.05, 0.1) is 6.10 Å². The van der Waals surface area contributed by atoms with Gasteiger partial charge in [0.15, 0.2) is 0 Å². The highest BCUT2D eigenvalue weighted by Crippen LogP contribution is 2.50. The van der Waals surface area contributed by atoms with Crippen LogP contribution in [0.5, 0.6) is 0 Å². The van der Waals surface area contributed by atoms with Crippen molar-refractivity contribution in [1.29, 1.82) is 0 Å². The Labute approximate surface area is 196 Å². The molecule has 0 spiro atoms. The smallest absolute Gasteiger partial charge is 0.123 e. The van der Waals surface area contributed by atoms with E-state index in [-0.39, 0.29) is 23.6 Å². The van der Waals surface area contributed by atoms with E-state index < -0.39 is 11.7 Å². The second-order valence-corrected chi connectivity index (χ2v) is 10.6. The Bertz CT molecular complexity index is 987. The molecule has 0 saturated heterocycles. The molecular formula is C28H35FO2S. The molecule has 1 aliphatic rings. The number of hydrogen-bond donors (Lipinski definition) is 2. The molecule has 2 nitrogen and oxygen atoms in total. The minimum Gasteiger partial charge on any atom is -0.389 e. The van der Waals surface area contributed by atoms with E-state index in [1.54, 1.807) is 30.8 Å². The summed E-state index contributed by atoms with van der Waals surface area (Å²) in [6.45, 7) is 12.3. The van der Waals surface area contributed by atoms with Crippen LogP contribution in [-0.2, 0) is 0 Å². The molecule has 0 aliphatic heterocycles. The lowest BCUT2D eigenvalue weighted by Crippen LogP contribution is -2.47. The summed E-state index contributed by atoms with van der Waals surface area (Å²) in [4.78, 5) is 1.09. The van der Waals surface area contributed by atoms with Crippen molar-refractivity contribution in [3.63, 3.8) is 0 Å². The van der Waals surface area contributed by atoms with Crippen molar-refractivity contribution in [1.82, 2.24) is 0 Å². The first kappa shape index (κ1) is 24.8. The average molecular weight is 455 g/mol. The Balaban J connectivity index is 2.20. The molecule has 3 unspecified atom stereocenters. The minimum absolute atomic E-state index is 0.139. The van der Waals surface area contributed by atoms with Gasteiger partial charge in [-0.25, -0.2) is 4.39 Å². The number of halogens is 1. The van der Waals surface area contributed by atoms with Crippen LogP contribution in [0.1, 0.15) is 45.7 Å². The molecule has 0 amide bonds. The van der Waals surface area contributed by atoms with Gasteiger partial charge < -0.3 is 10.2 Å². The first-order valence-electron chi connectivity index (χ1n) is 11.4. The second-order valence-electron chi connectivity index (χ2n) is 9.54. The molecule has 0 bridgehead atoms. The van der Waals surface area contributed by atoms with E-state index in [9.17, 15) is 14.6 Å². The van der Waals surface area contributed by atoms with E-state index in [0.29, 0.717) is 5.75 Å². The van der Waals surface area contributed by atoms with Gasteiger partial charge in [-0.15, -0.1) is 11.8 Å². The van der Waals surface area contributed by atoms with Crippen molar-refractivity contribution >= 4 is 17.3 Å². The quantitative estimate of drug-likeness (QED) is 0.460. The minimum atomic E-state index is -1.22. The zero-order valence-electron chi connectivity index (χ0n) is 19.9. The molecule has 3 atom stereocenters. The maximum Gasteiger partial charge on any atom is 0.123 e. The van der Waals surface area contributed by atoms with Crippen LogP contribution in [0.2, 0.25) is 0 Å². The normalized spacial score (nSPS) is 22.5. The van der Waals surface area contributed by atoms with Gasteiger partial charge in [0, 0.05) is 16.6 Å². The molecule has 4 heteroatoms. The summed E-state index contributed by atoms with van der Waals surface area (Å²) in [6, 6.07) is 14.6. The second kappa shape index (κ2) is 9.94. The maximum absolute atomic E-state index is 13.8. The molecule has 0 fully saturated rings. The van der Waals surface area contributed by atoms with Crippen LogP contribution < -0.4 is 0 Å². The molecule has 0 aromatic heterocycles. The molecule has 3 rings (SSSR count). The van der Waals surface area contributed by atoms with Gasteiger partial charge in [-0.2, -0.15) is 0 Å². The summed E-state index contributed by atoms with van der Waals surface area (Å²) in [5.74, 6) is 0.342. The van der Waals surface area contributed by atoms with Crippen molar-refractivity contribution < 1.29 is 14.6 Å². The molecule has 0 saturated carbocycles.